The smallest absolute Gasteiger partial charge is 0.192 e. The van der Waals surface area contributed by atoms with Crippen LogP contribution in [0.4, 0.5) is 0 Å². The molecule has 27 heavy (non-hydrogen) atoms. The second-order valence-corrected chi connectivity index (χ2v) is 9.31. The van der Waals surface area contributed by atoms with Crippen molar-refractivity contribution < 1.29 is 30.0 Å². The molecule has 0 heterocycles. The van der Waals surface area contributed by atoms with Crippen molar-refractivity contribution in [3.8, 4) is 0 Å². The van der Waals surface area contributed by atoms with Crippen molar-refractivity contribution in [1.82, 2.24) is 0 Å². The van der Waals surface area contributed by atoms with Gasteiger partial charge in [0.25, 0.3) is 0 Å². The average molecular weight is 376 g/mol. The maximum atomic E-state index is 12.4. The fraction of sp³-hybridized carbons (Fsp3) is 0.714. The zero-order valence-corrected chi connectivity index (χ0v) is 15.8. The first-order chi connectivity index (χ1) is 12.6. The van der Waals surface area contributed by atoms with Crippen LogP contribution < -0.4 is 0 Å². The van der Waals surface area contributed by atoms with E-state index in [0.29, 0.717) is 0 Å². The molecule has 6 nitrogen and oxygen atoms in total. The van der Waals surface area contributed by atoms with E-state index in [-0.39, 0.29) is 36.4 Å². The average Bonchev–Trinajstić information content (AvgIpc) is 2.82. The van der Waals surface area contributed by atoms with Crippen LogP contribution in [0.15, 0.2) is 23.8 Å². The molecule has 0 radical (unpaired) electrons. The molecule has 0 aromatic heterocycles. The van der Waals surface area contributed by atoms with Gasteiger partial charge in [-0.1, -0.05) is 25.5 Å². The Kier molecular flexibility index (Phi) is 4.10. The number of ketones is 2. The molecule has 0 spiro atoms. The molecule has 8 atom stereocenters. The Bertz CT molecular complexity index is 756. The van der Waals surface area contributed by atoms with Gasteiger partial charge in [0.2, 0.25) is 0 Å². The summed E-state index contributed by atoms with van der Waals surface area (Å²) in [7, 11) is 0. The summed E-state index contributed by atoms with van der Waals surface area (Å²) in [5.74, 6) is -1.09. The highest BCUT2D eigenvalue weighted by molar-refractivity contribution is 6.01. The number of carbonyl (C=O) groups is 2. The van der Waals surface area contributed by atoms with Crippen molar-refractivity contribution in [3.05, 3.63) is 23.8 Å². The zero-order valence-electron chi connectivity index (χ0n) is 15.8. The molecule has 4 aliphatic rings. The van der Waals surface area contributed by atoms with Gasteiger partial charge in [-0.3, -0.25) is 9.59 Å². The minimum Gasteiger partial charge on any atom is -0.393 e. The Morgan fingerprint density at radius 1 is 1.30 bits per heavy atom. The third-order valence-corrected chi connectivity index (χ3v) is 8.28. The maximum Gasteiger partial charge on any atom is 0.192 e. The Morgan fingerprint density at radius 3 is 2.67 bits per heavy atom. The van der Waals surface area contributed by atoms with E-state index < -0.39 is 41.0 Å². The molecule has 0 aromatic rings. The molecule has 0 amide bonds. The summed E-state index contributed by atoms with van der Waals surface area (Å²) in [6.45, 7) is 2.96. The molecule has 148 valence electrons. The van der Waals surface area contributed by atoms with Crippen LogP contribution in [-0.4, -0.2) is 56.4 Å². The Hall–Kier alpha value is -1.34. The molecule has 4 aliphatic carbocycles. The number of carbonyl (C=O) groups excluding carboxylic acids is 2. The van der Waals surface area contributed by atoms with E-state index in [1.54, 1.807) is 19.1 Å². The number of aliphatic hydroxyl groups is 4. The summed E-state index contributed by atoms with van der Waals surface area (Å²) >= 11 is 0. The maximum absolute atomic E-state index is 12.4. The third-order valence-electron chi connectivity index (χ3n) is 8.28. The van der Waals surface area contributed by atoms with Gasteiger partial charge in [-0.25, -0.2) is 0 Å². The van der Waals surface area contributed by atoms with E-state index in [1.807, 2.05) is 13.0 Å². The van der Waals surface area contributed by atoms with Gasteiger partial charge in [-0.15, -0.1) is 0 Å². The quantitative estimate of drug-likeness (QED) is 0.559. The lowest BCUT2D eigenvalue weighted by molar-refractivity contribution is -0.190. The molecule has 4 N–H and O–H groups in total. The van der Waals surface area contributed by atoms with Gasteiger partial charge in [0.15, 0.2) is 17.2 Å². The monoisotopic (exact) mass is 376 g/mol. The molecule has 0 aromatic carbocycles. The van der Waals surface area contributed by atoms with Crippen LogP contribution in [0.25, 0.3) is 0 Å². The van der Waals surface area contributed by atoms with Gasteiger partial charge in [0.05, 0.1) is 12.2 Å². The fourth-order valence-corrected chi connectivity index (χ4v) is 6.96. The summed E-state index contributed by atoms with van der Waals surface area (Å²) in [5, 5.41) is 42.3. The van der Waals surface area contributed by atoms with E-state index in [1.165, 1.54) is 0 Å². The first-order valence-electron chi connectivity index (χ1n) is 9.76. The fourth-order valence-electron chi connectivity index (χ4n) is 6.96. The molecule has 0 bridgehead atoms. The normalized spacial score (nSPS) is 51.3. The highest BCUT2D eigenvalue weighted by atomic mass is 16.4. The highest BCUT2D eigenvalue weighted by Crippen LogP contribution is 2.67. The number of rotatable bonds is 2. The van der Waals surface area contributed by atoms with E-state index in [2.05, 4.69) is 0 Å². The van der Waals surface area contributed by atoms with Crippen LogP contribution in [0, 0.1) is 28.6 Å². The summed E-state index contributed by atoms with van der Waals surface area (Å²) in [4.78, 5) is 24.2. The largest absolute Gasteiger partial charge is 0.393 e. The summed E-state index contributed by atoms with van der Waals surface area (Å²) in [6, 6.07) is 0. The number of aliphatic hydroxyl groups excluding tert-OH is 3. The summed E-state index contributed by atoms with van der Waals surface area (Å²) < 4.78 is 0. The SMILES string of the molecule is CC12C=CC(=O)C=C1CCC1C2C(O)CC2(C)C1C[C@@H](O)[C@]2(O)C(=O)CO. The predicted octanol–water partition coefficient (Wildman–Crippen LogP) is 0.528. The van der Waals surface area contributed by atoms with E-state index in [0.717, 1.165) is 18.4 Å². The zero-order chi connectivity index (χ0) is 19.8. The minimum atomic E-state index is -2.05. The number of hydrogen-bond acceptors (Lipinski definition) is 6. The molecule has 0 saturated heterocycles. The first kappa shape index (κ1) is 19.0. The van der Waals surface area contributed by atoms with Crippen LogP contribution in [0.1, 0.15) is 39.5 Å². The van der Waals surface area contributed by atoms with E-state index in [9.17, 15) is 30.0 Å². The van der Waals surface area contributed by atoms with Crippen molar-refractivity contribution in [2.24, 2.45) is 28.6 Å². The van der Waals surface area contributed by atoms with Crippen LogP contribution in [0.2, 0.25) is 0 Å². The van der Waals surface area contributed by atoms with Gasteiger partial charge in [-0.05, 0) is 49.7 Å². The Balaban J connectivity index is 1.78. The van der Waals surface area contributed by atoms with Gasteiger partial charge in [0, 0.05) is 16.7 Å². The Morgan fingerprint density at radius 2 is 2.00 bits per heavy atom. The molecule has 6 heteroatoms. The third kappa shape index (κ3) is 2.21. The number of Topliss-reactive ketones (excluding diaryl/α,β-unsaturated/α-hetero) is 1. The van der Waals surface area contributed by atoms with Crippen LogP contribution >= 0.6 is 0 Å². The lowest BCUT2D eigenvalue weighted by Gasteiger charge is -2.59. The number of fused-ring (bicyclic) bond motifs is 5. The van der Waals surface area contributed by atoms with Gasteiger partial charge in [-0.2, -0.15) is 0 Å². The van der Waals surface area contributed by atoms with Gasteiger partial charge >= 0.3 is 0 Å². The van der Waals surface area contributed by atoms with Gasteiger partial charge < -0.3 is 20.4 Å². The molecule has 6 unspecified atom stereocenters. The van der Waals surface area contributed by atoms with Crippen LogP contribution in [0.3, 0.4) is 0 Å². The van der Waals surface area contributed by atoms with Crippen molar-refractivity contribution in [2.75, 3.05) is 6.61 Å². The minimum absolute atomic E-state index is 0.00826. The number of hydrogen-bond donors (Lipinski definition) is 4. The lowest BCUT2D eigenvalue weighted by Crippen LogP contribution is -2.63. The number of allylic oxidation sites excluding steroid dienone is 4. The van der Waals surface area contributed by atoms with Crippen LogP contribution in [0.5, 0.6) is 0 Å². The molecule has 3 fully saturated rings. The summed E-state index contributed by atoms with van der Waals surface area (Å²) in [6.07, 6.45) is 4.97. The standard InChI is InChI=1S/C21H28O6/c1-19-6-5-12(23)7-11(19)3-4-13-14-8-16(25)21(27,17(26)10-22)20(14,2)9-15(24)18(13)19/h5-7,13-16,18,22,24-25,27H,3-4,8-10H2,1-2H3/t13?,14?,15?,16-,18?,19?,20?,21+/m1/s1. The second kappa shape index (κ2) is 5.83. The van der Waals surface area contributed by atoms with Gasteiger partial charge in [0.1, 0.15) is 6.61 Å². The Labute approximate surface area is 158 Å². The lowest BCUT2D eigenvalue weighted by atomic mass is 9.46. The van der Waals surface area contributed by atoms with E-state index >= 15 is 0 Å². The van der Waals surface area contributed by atoms with Crippen molar-refractivity contribution in [1.29, 1.82) is 0 Å². The molecule has 0 aliphatic heterocycles. The topological polar surface area (TPSA) is 115 Å². The predicted molar refractivity (Wildman–Crippen MR) is 96.4 cm³/mol. The van der Waals surface area contributed by atoms with E-state index in [4.69, 9.17) is 0 Å². The molecule has 3 saturated carbocycles. The van der Waals surface area contributed by atoms with Crippen LogP contribution in [-0.2, 0) is 9.59 Å². The second-order valence-electron chi connectivity index (χ2n) is 9.31. The highest BCUT2D eigenvalue weighted by Gasteiger charge is 2.71. The summed E-state index contributed by atoms with van der Waals surface area (Å²) in [5.41, 5.74) is -2.46. The van der Waals surface area contributed by atoms with Crippen molar-refractivity contribution >= 4 is 11.6 Å². The molecular formula is C21H28O6. The molecule has 4 rings (SSSR count). The molecular weight excluding hydrogens is 348 g/mol. The van der Waals surface area contributed by atoms with Crippen molar-refractivity contribution in [2.45, 2.75) is 57.3 Å². The van der Waals surface area contributed by atoms with Crippen molar-refractivity contribution in [3.63, 3.8) is 0 Å². The first-order valence-corrected chi connectivity index (χ1v) is 9.76.